The van der Waals surface area contributed by atoms with Crippen molar-refractivity contribution in [2.45, 2.75) is 24.0 Å². The molecule has 0 radical (unpaired) electrons. The van der Waals surface area contributed by atoms with Crippen LogP contribution in [0.1, 0.15) is 24.2 Å². The quantitative estimate of drug-likeness (QED) is 0.362. The van der Waals surface area contributed by atoms with Crippen LogP contribution in [0, 0.1) is 0 Å². The molecule has 1 aromatic rings. The highest BCUT2D eigenvalue weighted by atomic mass is 79.9. The maximum absolute atomic E-state index is 11.5. The van der Waals surface area contributed by atoms with Crippen molar-refractivity contribution in [2.24, 2.45) is 0 Å². The molecule has 0 spiro atoms. The number of carbonyl (C=O) groups excluding carboxylic acids is 2. The van der Waals surface area contributed by atoms with E-state index < -0.39 is 11.6 Å². The van der Waals surface area contributed by atoms with Gasteiger partial charge < -0.3 is 0 Å². The molecule has 0 saturated heterocycles. The molecule has 0 unspecified atom stereocenters. The normalized spacial score (nSPS) is 10.5. The van der Waals surface area contributed by atoms with E-state index in [2.05, 4.69) is 29.8 Å². The molecular formula is C12H13BrO2S. The van der Waals surface area contributed by atoms with Crippen LogP contribution < -0.4 is 0 Å². The molecule has 4 heteroatoms. The van der Waals surface area contributed by atoms with Crippen LogP contribution in [0.5, 0.6) is 0 Å². The van der Waals surface area contributed by atoms with Crippen LogP contribution in [-0.4, -0.2) is 22.1 Å². The maximum Gasteiger partial charge on any atom is 0.229 e. The molecular weight excluding hydrogens is 288 g/mol. The molecule has 0 aromatic heterocycles. The summed E-state index contributed by atoms with van der Waals surface area (Å²) in [5, 5.41) is 0.583. The number of halogens is 1. The third kappa shape index (κ3) is 3.76. The van der Waals surface area contributed by atoms with Gasteiger partial charge in [-0.25, -0.2) is 0 Å². The van der Waals surface area contributed by atoms with Crippen LogP contribution in [0.4, 0.5) is 0 Å². The Kier molecular flexibility index (Phi) is 5.22. The lowest BCUT2D eigenvalue weighted by Gasteiger charge is -2.05. The fraction of sp³-hybridized carbons (Fsp3) is 0.333. The lowest BCUT2D eigenvalue weighted by Crippen LogP contribution is -2.14. The Hall–Kier alpha value is -0.610. The Morgan fingerprint density at radius 2 is 1.81 bits per heavy atom. The van der Waals surface area contributed by atoms with Crippen LogP contribution in [0.25, 0.3) is 0 Å². The summed E-state index contributed by atoms with van der Waals surface area (Å²) in [7, 11) is 0. The van der Waals surface area contributed by atoms with Crippen molar-refractivity contribution in [3.63, 3.8) is 0 Å². The molecule has 0 saturated carbocycles. The lowest BCUT2D eigenvalue weighted by atomic mass is 10.1. The Bertz CT molecular complexity index is 385. The summed E-state index contributed by atoms with van der Waals surface area (Å²) in [5.74, 6) is -0.845. The van der Waals surface area contributed by atoms with E-state index in [1.54, 1.807) is 23.9 Å². The third-order valence-electron chi connectivity index (χ3n) is 1.86. The highest BCUT2D eigenvalue weighted by Gasteiger charge is 2.14. The van der Waals surface area contributed by atoms with Crippen LogP contribution in [0.3, 0.4) is 0 Å². The number of thioether (sulfide) groups is 1. The van der Waals surface area contributed by atoms with Crippen LogP contribution in [0.15, 0.2) is 29.2 Å². The zero-order valence-corrected chi connectivity index (χ0v) is 11.6. The summed E-state index contributed by atoms with van der Waals surface area (Å²) in [5.41, 5.74) is 0.456. The Morgan fingerprint density at radius 1 is 1.25 bits per heavy atom. The SMILES string of the molecule is CC(C)Sc1ccc(C(=O)C(=O)CBr)cc1. The molecule has 0 fully saturated rings. The molecule has 86 valence electrons. The largest absolute Gasteiger partial charge is 0.290 e. The second-order valence-electron chi connectivity index (χ2n) is 3.58. The van der Waals surface area contributed by atoms with Crippen molar-refractivity contribution in [1.29, 1.82) is 0 Å². The van der Waals surface area contributed by atoms with Crippen molar-refractivity contribution >= 4 is 39.3 Å². The molecule has 0 aliphatic heterocycles. The molecule has 2 nitrogen and oxygen atoms in total. The van der Waals surface area contributed by atoms with Gasteiger partial charge in [-0.15, -0.1) is 11.8 Å². The average molecular weight is 301 g/mol. The number of rotatable bonds is 5. The van der Waals surface area contributed by atoms with Crippen molar-refractivity contribution < 1.29 is 9.59 Å². The summed E-state index contributed by atoms with van der Waals surface area (Å²) in [6.45, 7) is 4.22. The standard InChI is InChI=1S/C12H13BrO2S/c1-8(2)16-10-5-3-9(4-6-10)12(15)11(14)7-13/h3-6,8H,7H2,1-2H3. The minimum absolute atomic E-state index is 0.0777. The number of benzene rings is 1. The van der Waals surface area contributed by atoms with Gasteiger partial charge in [0.2, 0.25) is 11.6 Å². The molecule has 16 heavy (non-hydrogen) atoms. The molecule has 0 aliphatic carbocycles. The zero-order chi connectivity index (χ0) is 12.1. The summed E-state index contributed by atoms with van der Waals surface area (Å²) < 4.78 is 0. The first-order valence-electron chi connectivity index (χ1n) is 4.94. The van der Waals surface area contributed by atoms with E-state index in [0.717, 1.165) is 4.90 Å². The van der Waals surface area contributed by atoms with E-state index in [-0.39, 0.29) is 5.33 Å². The molecule has 1 rings (SSSR count). The summed E-state index contributed by atoms with van der Waals surface area (Å²) in [4.78, 5) is 23.8. The first kappa shape index (κ1) is 13.5. The maximum atomic E-state index is 11.5. The van der Waals surface area contributed by atoms with Gasteiger partial charge >= 0.3 is 0 Å². The fourth-order valence-electron chi connectivity index (χ4n) is 1.18. The molecule has 0 amide bonds. The van der Waals surface area contributed by atoms with Gasteiger partial charge in [0.15, 0.2) is 0 Å². The predicted molar refractivity (Wildman–Crippen MR) is 70.6 cm³/mol. The number of ketones is 2. The van der Waals surface area contributed by atoms with Crippen molar-refractivity contribution in [3.05, 3.63) is 29.8 Å². The molecule has 1 aromatic carbocycles. The van der Waals surface area contributed by atoms with Crippen molar-refractivity contribution in [3.8, 4) is 0 Å². The van der Waals surface area contributed by atoms with Gasteiger partial charge in [-0.2, -0.15) is 0 Å². The highest BCUT2D eigenvalue weighted by Crippen LogP contribution is 2.23. The van der Waals surface area contributed by atoms with E-state index in [4.69, 9.17) is 0 Å². The monoisotopic (exact) mass is 300 g/mol. The van der Waals surface area contributed by atoms with Crippen LogP contribution >= 0.6 is 27.7 Å². The smallest absolute Gasteiger partial charge is 0.229 e. The number of carbonyl (C=O) groups is 2. The highest BCUT2D eigenvalue weighted by molar-refractivity contribution is 9.09. The fourth-order valence-corrected chi connectivity index (χ4v) is 2.27. The number of hydrogen-bond donors (Lipinski definition) is 0. The van der Waals surface area contributed by atoms with Gasteiger partial charge in [0.25, 0.3) is 0 Å². The number of alkyl halides is 1. The number of hydrogen-bond acceptors (Lipinski definition) is 3. The summed E-state index contributed by atoms with van der Waals surface area (Å²) in [6.07, 6.45) is 0. The third-order valence-corrected chi connectivity index (χ3v) is 3.39. The van der Waals surface area contributed by atoms with Gasteiger partial charge in [-0.1, -0.05) is 29.8 Å². The van der Waals surface area contributed by atoms with Crippen LogP contribution in [0.2, 0.25) is 0 Å². The van der Waals surface area contributed by atoms with Gasteiger partial charge in [-0.3, -0.25) is 9.59 Å². The zero-order valence-electron chi connectivity index (χ0n) is 9.20. The Balaban J connectivity index is 2.78. The summed E-state index contributed by atoms with van der Waals surface area (Å²) >= 11 is 4.71. The van der Waals surface area contributed by atoms with E-state index in [1.165, 1.54) is 0 Å². The number of Topliss-reactive ketones (excluding diaryl/α,β-unsaturated/α-hetero) is 2. The first-order chi connectivity index (χ1) is 7.54. The minimum Gasteiger partial charge on any atom is -0.290 e. The molecule has 0 bridgehead atoms. The molecule has 0 aliphatic rings. The molecule has 0 N–H and O–H groups in total. The second kappa shape index (κ2) is 6.21. The van der Waals surface area contributed by atoms with E-state index in [1.807, 2.05) is 12.1 Å². The van der Waals surface area contributed by atoms with Crippen LogP contribution in [-0.2, 0) is 4.79 Å². The van der Waals surface area contributed by atoms with Gasteiger partial charge in [0.1, 0.15) is 0 Å². The van der Waals surface area contributed by atoms with Gasteiger partial charge in [-0.05, 0) is 24.3 Å². The Morgan fingerprint density at radius 3 is 2.25 bits per heavy atom. The van der Waals surface area contributed by atoms with Crippen molar-refractivity contribution in [1.82, 2.24) is 0 Å². The molecule has 0 atom stereocenters. The van der Waals surface area contributed by atoms with Gasteiger partial charge in [0.05, 0.1) is 5.33 Å². The van der Waals surface area contributed by atoms with E-state index >= 15 is 0 Å². The topological polar surface area (TPSA) is 34.1 Å². The first-order valence-corrected chi connectivity index (χ1v) is 6.95. The van der Waals surface area contributed by atoms with E-state index in [9.17, 15) is 9.59 Å². The predicted octanol–water partition coefficient (Wildman–Crippen LogP) is 3.33. The second-order valence-corrected chi connectivity index (χ2v) is 5.79. The lowest BCUT2D eigenvalue weighted by molar-refractivity contribution is -0.112. The summed E-state index contributed by atoms with van der Waals surface area (Å²) in [6, 6.07) is 7.15. The average Bonchev–Trinajstić information content (AvgIpc) is 2.27. The van der Waals surface area contributed by atoms with E-state index in [0.29, 0.717) is 10.8 Å². The van der Waals surface area contributed by atoms with Gasteiger partial charge in [0, 0.05) is 15.7 Å². The Labute approximate surface area is 108 Å². The van der Waals surface area contributed by atoms with Crippen molar-refractivity contribution in [2.75, 3.05) is 5.33 Å². The molecule has 0 heterocycles. The minimum atomic E-state index is -0.432.